The fourth-order valence-corrected chi connectivity index (χ4v) is 5.23. The highest BCUT2D eigenvalue weighted by Gasteiger charge is 2.32. The van der Waals surface area contributed by atoms with E-state index >= 15 is 0 Å². The summed E-state index contributed by atoms with van der Waals surface area (Å²) in [7, 11) is -3.91. The molecule has 0 aliphatic carbocycles. The normalized spacial score (nSPS) is 12.2. The van der Waals surface area contributed by atoms with Gasteiger partial charge in [-0.2, -0.15) is 0 Å². The van der Waals surface area contributed by atoms with Crippen molar-refractivity contribution < 1.29 is 18.0 Å². The molecule has 0 unspecified atom stereocenters. The van der Waals surface area contributed by atoms with Crippen LogP contribution in [0.5, 0.6) is 0 Å². The zero-order chi connectivity index (χ0) is 26.3. The van der Waals surface area contributed by atoms with Crippen LogP contribution in [0.4, 0.5) is 5.69 Å². The summed E-state index contributed by atoms with van der Waals surface area (Å²) in [6.07, 6.45) is 1.99. The Hall–Kier alpha value is -1.71. The highest BCUT2D eigenvalue weighted by Crippen LogP contribution is 2.28. The van der Waals surface area contributed by atoms with E-state index < -0.39 is 28.5 Å². The van der Waals surface area contributed by atoms with E-state index in [0.717, 1.165) is 17.0 Å². The third kappa shape index (κ3) is 8.43. The van der Waals surface area contributed by atoms with Crippen LogP contribution in [0.3, 0.4) is 0 Å². The number of sulfonamides is 1. The van der Waals surface area contributed by atoms with Crippen LogP contribution in [-0.4, -0.2) is 50.5 Å². The number of nitrogens with one attached hydrogen (secondary N) is 1. The molecule has 35 heavy (non-hydrogen) atoms. The van der Waals surface area contributed by atoms with Gasteiger partial charge in [0.15, 0.2) is 0 Å². The summed E-state index contributed by atoms with van der Waals surface area (Å²) in [5.41, 5.74) is 0.689. The number of rotatable bonds is 11. The van der Waals surface area contributed by atoms with Crippen LogP contribution in [0.1, 0.15) is 32.3 Å². The van der Waals surface area contributed by atoms with E-state index in [1.807, 2.05) is 6.92 Å². The molecule has 0 fully saturated rings. The fraction of sp³-hybridized carbons (Fsp3) is 0.391. The number of hydrogen-bond donors (Lipinski definition) is 1. The monoisotopic (exact) mass is 581 g/mol. The molecule has 1 atom stereocenters. The van der Waals surface area contributed by atoms with Gasteiger partial charge in [-0.05, 0) is 48.7 Å². The predicted molar refractivity (Wildman–Crippen MR) is 143 cm³/mol. The highest BCUT2D eigenvalue weighted by molar-refractivity contribution is 7.92. The fourth-order valence-electron chi connectivity index (χ4n) is 3.42. The van der Waals surface area contributed by atoms with Crippen LogP contribution in [0, 0.1) is 0 Å². The van der Waals surface area contributed by atoms with Crippen LogP contribution in [0.15, 0.2) is 36.4 Å². The molecule has 0 aliphatic rings. The minimum Gasteiger partial charge on any atom is -0.354 e. The number of anilines is 1. The van der Waals surface area contributed by atoms with Crippen molar-refractivity contribution in [3.63, 3.8) is 0 Å². The van der Waals surface area contributed by atoms with Crippen LogP contribution in [-0.2, 0) is 26.2 Å². The van der Waals surface area contributed by atoms with Gasteiger partial charge in [0.05, 0.1) is 11.9 Å². The van der Waals surface area contributed by atoms with Crippen LogP contribution in [0.2, 0.25) is 20.1 Å². The number of benzene rings is 2. The molecule has 2 aromatic carbocycles. The zero-order valence-corrected chi connectivity index (χ0v) is 23.4. The maximum absolute atomic E-state index is 13.6. The first-order valence-corrected chi connectivity index (χ1v) is 14.2. The van der Waals surface area contributed by atoms with Gasteiger partial charge in [0.1, 0.15) is 12.6 Å². The van der Waals surface area contributed by atoms with Crippen molar-refractivity contribution >= 4 is 73.9 Å². The second-order valence-corrected chi connectivity index (χ2v) is 11.5. The predicted octanol–water partition coefficient (Wildman–Crippen LogP) is 5.40. The van der Waals surface area contributed by atoms with Gasteiger partial charge in [0.25, 0.3) is 0 Å². The second kappa shape index (κ2) is 13.0. The van der Waals surface area contributed by atoms with Gasteiger partial charge in [0.2, 0.25) is 21.8 Å². The first kappa shape index (κ1) is 29.5. The first-order valence-electron chi connectivity index (χ1n) is 10.8. The Labute approximate surface area is 226 Å². The summed E-state index contributed by atoms with van der Waals surface area (Å²) in [6, 6.07) is 8.21. The van der Waals surface area contributed by atoms with E-state index in [-0.39, 0.29) is 28.2 Å². The molecular formula is C23H27Cl4N3O4S. The van der Waals surface area contributed by atoms with Gasteiger partial charge in [-0.3, -0.25) is 13.9 Å². The quantitative estimate of drug-likeness (QED) is 0.384. The standard InChI is InChI=1S/C23H27Cl4N3O4S/c1-4-8-28-23(32)21(5-2)29(13-15-6-7-16(24)12-20(15)27)22(31)14-30(35(3,33)34)19-10-17(25)9-18(26)11-19/h6-7,9-12,21H,4-5,8,13-14H2,1-3H3,(H,28,32)/t21-/m1/s1. The number of nitrogens with zero attached hydrogens (tertiary/aromatic N) is 2. The van der Waals surface area contributed by atoms with Crippen LogP contribution >= 0.6 is 46.4 Å². The Morgan fingerprint density at radius 1 is 0.971 bits per heavy atom. The molecule has 7 nitrogen and oxygen atoms in total. The topological polar surface area (TPSA) is 86.8 Å². The van der Waals surface area contributed by atoms with Gasteiger partial charge >= 0.3 is 0 Å². The van der Waals surface area contributed by atoms with Gasteiger partial charge in [-0.25, -0.2) is 8.42 Å². The molecule has 0 radical (unpaired) electrons. The van der Waals surface area contributed by atoms with E-state index in [4.69, 9.17) is 46.4 Å². The van der Waals surface area contributed by atoms with Gasteiger partial charge in [-0.1, -0.05) is 66.3 Å². The van der Waals surface area contributed by atoms with E-state index in [1.54, 1.807) is 19.1 Å². The lowest BCUT2D eigenvalue weighted by Gasteiger charge is -2.33. The van der Waals surface area contributed by atoms with Crippen molar-refractivity contribution in [1.82, 2.24) is 10.2 Å². The van der Waals surface area contributed by atoms with Gasteiger partial charge in [-0.15, -0.1) is 0 Å². The number of hydrogen-bond acceptors (Lipinski definition) is 4. The van der Waals surface area contributed by atoms with Crippen molar-refractivity contribution in [3.8, 4) is 0 Å². The molecule has 1 N–H and O–H groups in total. The molecular weight excluding hydrogens is 556 g/mol. The molecule has 0 aromatic heterocycles. The number of halogens is 4. The number of amides is 2. The number of carbonyl (C=O) groups is 2. The van der Waals surface area contributed by atoms with Crippen molar-refractivity contribution in [3.05, 3.63) is 62.1 Å². The summed E-state index contributed by atoms with van der Waals surface area (Å²) in [5.74, 6) is -0.944. The molecule has 0 spiro atoms. The SMILES string of the molecule is CCCNC(=O)[C@@H](CC)N(Cc1ccc(Cl)cc1Cl)C(=O)CN(c1cc(Cl)cc(Cl)c1)S(C)(=O)=O. The molecule has 2 rings (SSSR count). The average Bonchev–Trinajstić information content (AvgIpc) is 2.75. The summed E-state index contributed by atoms with van der Waals surface area (Å²) in [4.78, 5) is 27.9. The van der Waals surface area contributed by atoms with E-state index in [0.29, 0.717) is 28.6 Å². The van der Waals surface area contributed by atoms with E-state index in [9.17, 15) is 18.0 Å². The molecule has 2 aromatic rings. The Morgan fingerprint density at radius 2 is 1.60 bits per heavy atom. The Kier molecular flexibility index (Phi) is 11.0. The molecule has 0 saturated heterocycles. The number of carbonyl (C=O) groups excluding carboxylic acids is 2. The lowest BCUT2D eigenvalue weighted by Crippen LogP contribution is -2.52. The van der Waals surface area contributed by atoms with Gasteiger partial charge in [0, 0.05) is 33.2 Å². The lowest BCUT2D eigenvalue weighted by atomic mass is 10.1. The second-order valence-electron chi connectivity index (χ2n) is 7.87. The Balaban J connectivity index is 2.49. The zero-order valence-electron chi connectivity index (χ0n) is 19.5. The maximum Gasteiger partial charge on any atom is 0.244 e. The molecule has 192 valence electrons. The molecule has 2 amide bonds. The summed E-state index contributed by atoms with van der Waals surface area (Å²) in [6.45, 7) is 3.53. The third-order valence-corrected chi connectivity index (χ3v) is 7.27. The smallest absolute Gasteiger partial charge is 0.244 e. The van der Waals surface area contributed by atoms with Crippen molar-refractivity contribution in [2.75, 3.05) is 23.7 Å². The highest BCUT2D eigenvalue weighted by atomic mass is 35.5. The average molecular weight is 583 g/mol. The van der Waals surface area contributed by atoms with Crippen molar-refractivity contribution in [2.45, 2.75) is 39.3 Å². The lowest BCUT2D eigenvalue weighted by molar-refractivity contribution is -0.140. The van der Waals surface area contributed by atoms with Crippen molar-refractivity contribution in [2.24, 2.45) is 0 Å². The Bertz CT molecular complexity index is 1160. The van der Waals surface area contributed by atoms with Gasteiger partial charge < -0.3 is 10.2 Å². The van der Waals surface area contributed by atoms with Crippen LogP contribution < -0.4 is 9.62 Å². The largest absolute Gasteiger partial charge is 0.354 e. The maximum atomic E-state index is 13.6. The molecule has 0 heterocycles. The molecule has 0 aliphatic heterocycles. The van der Waals surface area contributed by atoms with E-state index in [2.05, 4.69) is 5.32 Å². The molecule has 12 heteroatoms. The third-order valence-electron chi connectivity index (χ3n) is 5.11. The molecule has 0 saturated carbocycles. The molecule has 0 bridgehead atoms. The minimum atomic E-state index is -3.91. The van der Waals surface area contributed by atoms with E-state index in [1.165, 1.54) is 29.2 Å². The first-order chi connectivity index (χ1) is 16.4. The summed E-state index contributed by atoms with van der Waals surface area (Å²) < 4.78 is 26.2. The Morgan fingerprint density at radius 3 is 2.11 bits per heavy atom. The summed E-state index contributed by atoms with van der Waals surface area (Å²) in [5, 5.41) is 3.97. The minimum absolute atomic E-state index is 0.0270. The van der Waals surface area contributed by atoms with Crippen molar-refractivity contribution in [1.29, 1.82) is 0 Å². The van der Waals surface area contributed by atoms with Crippen LogP contribution in [0.25, 0.3) is 0 Å². The summed E-state index contributed by atoms with van der Waals surface area (Å²) >= 11 is 24.5.